The maximum atomic E-state index is 5.44. The normalized spacial score (nSPS) is 17.4. The molecule has 118 valence electrons. The van der Waals surface area contributed by atoms with Gasteiger partial charge in [-0.15, -0.1) is 0 Å². The molecule has 1 aliphatic rings. The lowest BCUT2D eigenvalue weighted by molar-refractivity contribution is 0.0198. The van der Waals surface area contributed by atoms with Crippen LogP contribution in [0.4, 0.5) is 0 Å². The zero-order chi connectivity index (χ0) is 15.6. The smallest absolute Gasteiger partial charge is 0.0999 e. The van der Waals surface area contributed by atoms with Crippen LogP contribution in [0.2, 0.25) is 0 Å². The number of hydrogen-bond donors (Lipinski definition) is 1. The van der Waals surface area contributed by atoms with Crippen molar-refractivity contribution in [3.8, 4) is 11.3 Å². The Morgan fingerprint density at radius 3 is 2.57 bits per heavy atom. The van der Waals surface area contributed by atoms with Crippen molar-refractivity contribution in [2.45, 2.75) is 13.0 Å². The summed E-state index contributed by atoms with van der Waals surface area (Å²) in [5.41, 5.74) is 4.59. The van der Waals surface area contributed by atoms with Crippen molar-refractivity contribution in [1.82, 2.24) is 15.1 Å². The molecule has 2 aromatic carbocycles. The second kappa shape index (κ2) is 6.14. The minimum absolute atomic E-state index is 0.420. The first-order chi connectivity index (χ1) is 11.3. The van der Waals surface area contributed by atoms with Gasteiger partial charge in [0.15, 0.2) is 0 Å². The number of H-pyrrole nitrogens is 1. The van der Waals surface area contributed by atoms with Crippen LogP contribution in [-0.2, 0) is 4.74 Å². The van der Waals surface area contributed by atoms with E-state index in [1.165, 1.54) is 10.9 Å². The molecular weight excluding hydrogens is 286 g/mol. The van der Waals surface area contributed by atoms with Crippen molar-refractivity contribution < 1.29 is 4.74 Å². The van der Waals surface area contributed by atoms with Crippen LogP contribution in [0.3, 0.4) is 0 Å². The van der Waals surface area contributed by atoms with Gasteiger partial charge in [0.25, 0.3) is 0 Å². The largest absolute Gasteiger partial charge is 0.379 e. The first-order valence-corrected chi connectivity index (χ1v) is 8.18. The number of morpholine rings is 1. The van der Waals surface area contributed by atoms with E-state index in [2.05, 4.69) is 64.5 Å². The fourth-order valence-corrected chi connectivity index (χ4v) is 3.28. The first kappa shape index (κ1) is 14.4. The molecule has 1 saturated heterocycles. The highest BCUT2D eigenvalue weighted by atomic mass is 16.5. The minimum Gasteiger partial charge on any atom is -0.379 e. The Balaban J connectivity index is 1.60. The molecule has 2 heterocycles. The fourth-order valence-electron chi connectivity index (χ4n) is 3.28. The third-order valence-corrected chi connectivity index (χ3v) is 4.73. The molecule has 0 saturated carbocycles. The van der Waals surface area contributed by atoms with E-state index in [9.17, 15) is 0 Å². The summed E-state index contributed by atoms with van der Waals surface area (Å²) < 4.78 is 5.44. The Hall–Kier alpha value is -2.17. The summed E-state index contributed by atoms with van der Waals surface area (Å²) in [6.07, 6.45) is 0. The number of nitrogens with zero attached hydrogens (tertiary/aromatic N) is 2. The summed E-state index contributed by atoms with van der Waals surface area (Å²) in [5, 5.41) is 8.75. The summed E-state index contributed by atoms with van der Waals surface area (Å²) in [4.78, 5) is 2.47. The van der Waals surface area contributed by atoms with Gasteiger partial charge in [0.2, 0.25) is 0 Å². The van der Waals surface area contributed by atoms with Crippen molar-refractivity contribution >= 4 is 10.9 Å². The molecule has 1 aromatic heterocycles. The lowest BCUT2D eigenvalue weighted by Crippen LogP contribution is -2.37. The number of aromatic amines is 1. The Morgan fingerprint density at radius 1 is 1.04 bits per heavy atom. The maximum Gasteiger partial charge on any atom is 0.0999 e. The van der Waals surface area contributed by atoms with E-state index in [-0.39, 0.29) is 0 Å². The van der Waals surface area contributed by atoms with Crippen molar-refractivity contribution in [2.24, 2.45) is 0 Å². The highest BCUT2D eigenvalue weighted by molar-refractivity contribution is 5.92. The van der Waals surface area contributed by atoms with Crippen LogP contribution in [0.25, 0.3) is 22.2 Å². The van der Waals surface area contributed by atoms with Crippen molar-refractivity contribution in [3.05, 3.63) is 54.1 Å². The van der Waals surface area contributed by atoms with Gasteiger partial charge in [0.05, 0.1) is 24.4 Å². The lowest BCUT2D eigenvalue weighted by Gasteiger charge is -2.32. The van der Waals surface area contributed by atoms with Crippen LogP contribution in [0.5, 0.6) is 0 Å². The number of hydrogen-bond acceptors (Lipinski definition) is 3. The number of ether oxygens (including phenoxy) is 1. The van der Waals surface area contributed by atoms with E-state index >= 15 is 0 Å². The number of fused-ring (bicyclic) bond motifs is 1. The average molecular weight is 307 g/mol. The molecule has 0 amide bonds. The highest BCUT2D eigenvalue weighted by Crippen LogP contribution is 2.28. The molecule has 1 N–H and O–H groups in total. The number of rotatable bonds is 3. The van der Waals surface area contributed by atoms with Gasteiger partial charge in [-0.1, -0.05) is 42.5 Å². The molecular formula is C19H21N3O. The molecule has 1 unspecified atom stereocenters. The number of aromatic nitrogens is 2. The zero-order valence-corrected chi connectivity index (χ0v) is 13.3. The monoisotopic (exact) mass is 307 g/mol. The fraction of sp³-hybridized carbons (Fsp3) is 0.316. The summed E-state index contributed by atoms with van der Waals surface area (Å²) in [6, 6.07) is 17.5. The van der Waals surface area contributed by atoms with Gasteiger partial charge in [-0.25, -0.2) is 0 Å². The topological polar surface area (TPSA) is 41.2 Å². The second-order valence-corrected chi connectivity index (χ2v) is 6.06. The minimum atomic E-state index is 0.420. The summed E-state index contributed by atoms with van der Waals surface area (Å²) in [6.45, 7) is 5.95. The van der Waals surface area contributed by atoms with Crippen LogP contribution >= 0.6 is 0 Å². The summed E-state index contributed by atoms with van der Waals surface area (Å²) in [5.74, 6) is 0. The third-order valence-electron chi connectivity index (χ3n) is 4.73. The molecule has 0 bridgehead atoms. The molecule has 0 radical (unpaired) electrons. The van der Waals surface area contributed by atoms with Crippen molar-refractivity contribution in [3.63, 3.8) is 0 Å². The third kappa shape index (κ3) is 2.76. The van der Waals surface area contributed by atoms with Crippen LogP contribution in [-0.4, -0.2) is 41.4 Å². The van der Waals surface area contributed by atoms with Gasteiger partial charge >= 0.3 is 0 Å². The molecule has 1 aliphatic heterocycles. The van der Waals surface area contributed by atoms with E-state index in [1.54, 1.807) is 0 Å². The maximum absolute atomic E-state index is 5.44. The van der Waals surface area contributed by atoms with Crippen LogP contribution in [0, 0.1) is 0 Å². The van der Waals surface area contributed by atoms with E-state index in [0.717, 1.165) is 43.1 Å². The van der Waals surface area contributed by atoms with E-state index < -0.39 is 0 Å². The summed E-state index contributed by atoms with van der Waals surface area (Å²) in [7, 11) is 0. The number of para-hydroxylation sites is 1. The van der Waals surface area contributed by atoms with Crippen molar-refractivity contribution in [1.29, 1.82) is 0 Å². The van der Waals surface area contributed by atoms with Gasteiger partial charge in [-0.3, -0.25) is 10.00 Å². The van der Waals surface area contributed by atoms with Crippen LogP contribution in [0.1, 0.15) is 18.5 Å². The standard InChI is InChI=1S/C19H21N3O/c1-14(22-10-12-23-13-11-22)15-6-8-16(9-7-15)19-17-4-2-3-5-18(17)20-21-19/h2-9,14H,10-13H2,1H3,(H,20,21). The molecule has 4 heteroatoms. The molecule has 0 spiro atoms. The van der Waals surface area contributed by atoms with E-state index in [1.807, 2.05) is 6.07 Å². The Labute approximate surface area is 136 Å². The van der Waals surface area contributed by atoms with E-state index in [0.29, 0.717) is 6.04 Å². The number of nitrogens with one attached hydrogen (secondary N) is 1. The van der Waals surface area contributed by atoms with Gasteiger partial charge in [-0.05, 0) is 18.6 Å². The Bertz CT molecular complexity index is 788. The molecule has 4 rings (SSSR count). The first-order valence-electron chi connectivity index (χ1n) is 8.18. The Morgan fingerprint density at radius 2 is 1.78 bits per heavy atom. The van der Waals surface area contributed by atoms with Gasteiger partial charge < -0.3 is 4.74 Å². The van der Waals surface area contributed by atoms with Gasteiger partial charge in [0.1, 0.15) is 0 Å². The highest BCUT2D eigenvalue weighted by Gasteiger charge is 2.18. The quantitative estimate of drug-likeness (QED) is 0.803. The van der Waals surface area contributed by atoms with E-state index in [4.69, 9.17) is 4.74 Å². The molecule has 3 aromatic rings. The average Bonchev–Trinajstić information content (AvgIpc) is 3.06. The van der Waals surface area contributed by atoms with Crippen LogP contribution in [0.15, 0.2) is 48.5 Å². The number of benzene rings is 2. The Kier molecular flexibility index (Phi) is 3.85. The molecule has 0 aliphatic carbocycles. The molecule has 23 heavy (non-hydrogen) atoms. The molecule has 4 nitrogen and oxygen atoms in total. The van der Waals surface area contributed by atoms with Gasteiger partial charge in [-0.2, -0.15) is 5.10 Å². The molecule has 1 fully saturated rings. The zero-order valence-electron chi connectivity index (χ0n) is 13.3. The van der Waals surface area contributed by atoms with Crippen molar-refractivity contribution in [2.75, 3.05) is 26.3 Å². The van der Waals surface area contributed by atoms with Gasteiger partial charge in [0, 0.05) is 30.1 Å². The lowest BCUT2D eigenvalue weighted by atomic mass is 10.0. The second-order valence-electron chi connectivity index (χ2n) is 6.06. The van der Waals surface area contributed by atoms with Crippen LogP contribution < -0.4 is 0 Å². The summed E-state index contributed by atoms with van der Waals surface area (Å²) >= 11 is 0. The SMILES string of the molecule is CC(c1ccc(-c2n[nH]c3ccccc23)cc1)N1CCOCC1. The molecule has 1 atom stereocenters. The predicted octanol–water partition coefficient (Wildman–Crippen LogP) is 3.62. The predicted molar refractivity (Wildman–Crippen MR) is 92.3 cm³/mol.